The summed E-state index contributed by atoms with van der Waals surface area (Å²) in [5, 5.41) is 6.58. The highest BCUT2D eigenvalue weighted by Gasteiger charge is 2.01. The zero-order chi connectivity index (χ0) is 19.4. The number of benzene rings is 2. The predicted molar refractivity (Wildman–Crippen MR) is 111 cm³/mol. The zero-order valence-corrected chi connectivity index (χ0v) is 15.7. The largest absolute Gasteiger partial charge is 0.479 e. The van der Waals surface area contributed by atoms with E-state index >= 15 is 0 Å². The van der Waals surface area contributed by atoms with Crippen LogP contribution < -0.4 is 15.4 Å². The lowest BCUT2D eigenvalue weighted by molar-refractivity contribution is 0.242. The van der Waals surface area contributed by atoms with E-state index in [0.717, 1.165) is 23.7 Å². The summed E-state index contributed by atoms with van der Waals surface area (Å²) < 4.78 is 5.68. The molecule has 0 aliphatic heterocycles. The normalized spacial score (nSPS) is 10.0. The number of nitrogens with zero attached hydrogens (tertiary/aromatic N) is 1. The van der Waals surface area contributed by atoms with Gasteiger partial charge in [-0.1, -0.05) is 60.4 Å². The number of carbonyl (C=O) groups excluding carboxylic acids is 1. The van der Waals surface area contributed by atoms with E-state index in [2.05, 4.69) is 39.6 Å². The van der Waals surface area contributed by atoms with Crippen LogP contribution in [0.15, 0.2) is 66.9 Å². The highest BCUT2D eigenvalue weighted by molar-refractivity contribution is 5.84. The fourth-order valence-electron chi connectivity index (χ4n) is 2.75. The van der Waals surface area contributed by atoms with E-state index in [1.807, 2.05) is 48.5 Å². The Morgan fingerprint density at radius 2 is 1.82 bits per heavy atom. The number of aromatic nitrogens is 1. The van der Waals surface area contributed by atoms with Crippen LogP contribution in [0.4, 0.5) is 4.79 Å². The van der Waals surface area contributed by atoms with Crippen LogP contribution in [-0.4, -0.2) is 30.7 Å². The van der Waals surface area contributed by atoms with Crippen molar-refractivity contribution in [1.29, 1.82) is 0 Å². The summed E-state index contributed by atoms with van der Waals surface area (Å²) in [5.74, 6) is 6.49. The quantitative estimate of drug-likeness (QED) is 0.492. The molecular formula is C23H23N3O2. The second-order valence-electron chi connectivity index (χ2n) is 6.17. The third kappa shape index (κ3) is 6.03. The van der Waals surface area contributed by atoms with Gasteiger partial charge in [0.05, 0.1) is 6.54 Å². The molecule has 0 fully saturated rings. The number of nitrogens with one attached hydrogen (secondary N) is 2. The Labute approximate surface area is 165 Å². The van der Waals surface area contributed by atoms with Crippen molar-refractivity contribution in [2.45, 2.75) is 12.8 Å². The van der Waals surface area contributed by atoms with Gasteiger partial charge in [0.15, 0.2) is 0 Å². The minimum Gasteiger partial charge on any atom is -0.479 e. The smallest absolute Gasteiger partial charge is 0.315 e. The lowest BCUT2D eigenvalue weighted by Crippen LogP contribution is -2.36. The Hall–Kier alpha value is -3.52. The van der Waals surface area contributed by atoms with E-state index in [1.54, 1.807) is 6.20 Å². The van der Waals surface area contributed by atoms with E-state index in [9.17, 15) is 4.79 Å². The highest BCUT2D eigenvalue weighted by Crippen LogP contribution is 2.22. The number of urea groups is 1. The Bertz CT molecular complexity index is 956. The van der Waals surface area contributed by atoms with Crippen LogP contribution in [0.3, 0.4) is 0 Å². The van der Waals surface area contributed by atoms with Gasteiger partial charge in [-0.15, -0.1) is 0 Å². The minimum absolute atomic E-state index is 0.207. The summed E-state index contributed by atoms with van der Waals surface area (Å²) in [5.41, 5.74) is 2.09. The molecule has 2 N–H and O–H groups in total. The maximum Gasteiger partial charge on any atom is 0.315 e. The highest BCUT2D eigenvalue weighted by atomic mass is 16.5. The van der Waals surface area contributed by atoms with E-state index in [1.165, 1.54) is 5.56 Å². The van der Waals surface area contributed by atoms with Gasteiger partial charge in [-0.3, -0.25) is 4.98 Å². The number of para-hydroxylation sites is 1. The topological polar surface area (TPSA) is 63.2 Å². The van der Waals surface area contributed by atoms with E-state index in [-0.39, 0.29) is 19.2 Å². The molecule has 2 amide bonds. The maximum absolute atomic E-state index is 11.7. The number of hydrogen-bond acceptors (Lipinski definition) is 3. The number of pyridine rings is 1. The molecule has 0 spiro atoms. The lowest BCUT2D eigenvalue weighted by atomic mass is 10.1. The lowest BCUT2D eigenvalue weighted by Gasteiger charge is -2.06. The van der Waals surface area contributed by atoms with Crippen molar-refractivity contribution in [3.8, 4) is 17.6 Å². The van der Waals surface area contributed by atoms with Crippen molar-refractivity contribution in [2.24, 2.45) is 0 Å². The minimum atomic E-state index is -0.207. The molecule has 1 heterocycles. The standard InChI is InChI=1S/C23H23N3O2/c27-23(26-17-7-11-19-9-2-1-3-10-19)25-15-4-5-18-28-21-14-6-12-20-13-8-16-24-22(20)21/h1-3,6,8-10,12-14,16H,7,11,15,17-18H2,(H2,25,26,27). The Balaban J connectivity index is 1.31. The molecule has 0 radical (unpaired) electrons. The van der Waals surface area contributed by atoms with Crippen molar-refractivity contribution in [1.82, 2.24) is 15.6 Å². The Kier molecular flexibility index (Phi) is 7.28. The molecule has 3 aromatic rings. The summed E-state index contributed by atoms with van der Waals surface area (Å²) in [6.45, 7) is 1.16. The number of aryl methyl sites for hydroxylation is 1. The molecule has 0 saturated heterocycles. The molecule has 0 saturated carbocycles. The molecule has 2 aromatic carbocycles. The second kappa shape index (κ2) is 10.6. The number of carbonyl (C=O) groups is 1. The average molecular weight is 373 g/mol. The zero-order valence-electron chi connectivity index (χ0n) is 15.7. The van der Waals surface area contributed by atoms with Crippen LogP contribution in [0, 0.1) is 11.8 Å². The number of fused-ring (bicyclic) bond motifs is 1. The van der Waals surface area contributed by atoms with Crippen LogP contribution >= 0.6 is 0 Å². The SMILES string of the molecule is O=C(NCC#CCOc1cccc2cccnc12)NCCCc1ccccc1. The van der Waals surface area contributed by atoms with Gasteiger partial charge < -0.3 is 15.4 Å². The van der Waals surface area contributed by atoms with Crippen LogP contribution in [-0.2, 0) is 6.42 Å². The molecule has 3 rings (SSSR count). The van der Waals surface area contributed by atoms with E-state index in [4.69, 9.17) is 4.74 Å². The monoisotopic (exact) mass is 373 g/mol. The van der Waals surface area contributed by atoms with Gasteiger partial charge in [-0.2, -0.15) is 0 Å². The van der Waals surface area contributed by atoms with Gasteiger partial charge in [-0.05, 0) is 30.5 Å². The van der Waals surface area contributed by atoms with E-state index < -0.39 is 0 Å². The van der Waals surface area contributed by atoms with Crippen LogP contribution in [0.25, 0.3) is 10.9 Å². The maximum atomic E-state index is 11.7. The fraction of sp³-hybridized carbons (Fsp3) is 0.217. The van der Waals surface area contributed by atoms with Crippen LogP contribution in [0.5, 0.6) is 5.75 Å². The second-order valence-corrected chi connectivity index (χ2v) is 6.17. The van der Waals surface area contributed by atoms with Crippen LogP contribution in [0.1, 0.15) is 12.0 Å². The Morgan fingerprint density at radius 1 is 0.964 bits per heavy atom. The third-order valence-electron chi connectivity index (χ3n) is 4.13. The molecule has 0 unspecified atom stereocenters. The van der Waals surface area contributed by atoms with Gasteiger partial charge >= 0.3 is 6.03 Å². The third-order valence-corrected chi connectivity index (χ3v) is 4.13. The molecule has 0 bridgehead atoms. The molecule has 5 heteroatoms. The Morgan fingerprint density at radius 3 is 2.71 bits per heavy atom. The fourth-order valence-corrected chi connectivity index (χ4v) is 2.75. The van der Waals surface area contributed by atoms with Gasteiger partial charge in [0, 0.05) is 18.1 Å². The number of ether oxygens (including phenoxy) is 1. The summed E-state index contributed by atoms with van der Waals surface area (Å²) in [7, 11) is 0. The van der Waals surface area contributed by atoms with Gasteiger partial charge in [0.1, 0.15) is 17.9 Å². The first-order valence-electron chi connectivity index (χ1n) is 9.31. The van der Waals surface area contributed by atoms with Crippen molar-refractivity contribution in [3.63, 3.8) is 0 Å². The first-order chi connectivity index (χ1) is 13.8. The van der Waals surface area contributed by atoms with Crippen molar-refractivity contribution in [3.05, 3.63) is 72.4 Å². The molecule has 142 valence electrons. The summed E-state index contributed by atoms with van der Waals surface area (Å²) in [4.78, 5) is 16.1. The molecule has 28 heavy (non-hydrogen) atoms. The average Bonchev–Trinajstić information content (AvgIpc) is 2.74. The van der Waals surface area contributed by atoms with Crippen molar-refractivity contribution < 1.29 is 9.53 Å². The first kappa shape index (κ1) is 19.2. The molecule has 0 aliphatic carbocycles. The molecule has 5 nitrogen and oxygen atoms in total. The molecule has 0 atom stereocenters. The summed E-state index contributed by atoms with van der Waals surface area (Å²) in [6, 6.07) is 19.7. The first-order valence-corrected chi connectivity index (χ1v) is 9.31. The number of rotatable bonds is 7. The summed E-state index contributed by atoms with van der Waals surface area (Å²) in [6.07, 6.45) is 3.58. The number of amides is 2. The van der Waals surface area contributed by atoms with Gasteiger partial charge in [0.2, 0.25) is 0 Å². The molecular weight excluding hydrogens is 350 g/mol. The van der Waals surface area contributed by atoms with E-state index in [0.29, 0.717) is 12.3 Å². The van der Waals surface area contributed by atoms with Crippen molar-refractivity contribution >= 4 is 16.9 Å². The number of hydrogen-bond donors (Lipinski definition) is 2. The molecule has 1 aromatic heterocycles. The summed E-state index contributed by atoms with van der Waals surface area (Å²) >= 11 is 0. The van der Waals surface area contributed by atoms with Gasteiger partial charge in [0.25, 0.3) is 0 Å². The molecule has 0 aliphatic rings. The predicted octanol–water partition coefficient (Wildman–Crippen LogP) is 3.55. The van der Waals surface area contributed by atoms with Crippen LogP contribution in [0.2, 0.25) is 0 Å². The van der Waals surface area contributed by atoms with Crippen molar-refractivity contribution in [2.75, 3.05) is 19.7 Å². The van der Waals surface area contributed by atoms with Gasteiger partial charge in [-0.25, -0.2) is 4.79 Å².